The van der Waals surface area contributed by atoms with E-state index in [0.29, 0.717) is 23.3 Å². The number of ether oxygens (including phenoxy) is 1. The number of nitrogens with zero attached hydrogens (tertiary/aromatic N) is 2. The Balaban J connectivity index is 2.40. The van der Waals surface area contributed by atoms with Crippen molar-refractivity contribution in [3.8, 4) is 0 Å². The van der Waals surface area contributed by atoms with Crippen LogP contribution in [0.2, 0.25) is 5.15 Å². The zero-order valence-electron chi connectivity index (χ0n) is 8.16. The van der Waals surface area contributed by atoms with Gasteiger partial charge in [0.1, 0.15) is 23.4 Å². The summed E-state index contributed by atoms with van der Waals surface area (Å²) in [5.41, 5.74) is 4.78. The third-order valence-electron chi connectivity index (χ3n) is 1.46. The summed E-state index contributed by atoms with van der Waals surface area (Å²) in [6.45, 7) is 2.32. The summed E-state index contributed by atoms with van der Waals surface area (Å²) < 4.78 is 4.52. The zero-order valence-corrected chi connectivity index (χ0v) is 8.91. The first kappa shape index (κ1) is 11.5. The Morgan fingerprint density at radius 2 is 2.40 bits per heavy atom. The largest absolute Gasteiger partial charge is 0.448 e. The van der Waals surface area contributed by atoms with E-state index < -0.39 is 6.09 Å². The second kappa shape index (κ2) is 5.35. The summed E-state index contributed by atoms with van der Waals surface area (Å²) >= 11 is 5.72. The van der Waals surface area contributed by atoms with Gasteiger partial charge in [0, 0.05) is 6.07 Å². The van der Waals surface area contributed by atoms with Crippen LogP contribution in [0.1, 0.15) is 5.82 Å². The quantitative estimate of drug-likeness (QED) is 0.594. The number of rotatable bonds is 4. The van der Waals surface area contributed by atoms with Crippen LogP contribution in [-0.4, -0.2) is 29.2 Å². The lowest BCUT2D eigenvalue weighted by molar-refractivity contribution is 0.161. The number of carbonyl (C=O) groups excluding carboxylic acids is 1. The fraction of sp³-hybridized carbons (Fsp3) is 0.375. The van der Waals surface area contributed by atoms with Crippen molar-refractivity contribution >= 4 is 23.5 Å². The molecular weight excluding hydrogens is 220 g/mol. The van der Waals surface area contributed by atoms with E-state index >= 15 is 0 Å². The first-order valence-electron chi connectivity index (χ1n) is 4.25. The van der Waals surface area contributed by atoms with E-state index in [4.69, 9.17) is 17.3 Å². The number of hydrogen-bond acceptors (Lipinski definition) is 5. The van der Waals surface area contributed by atoms with Gasteiger partial charge in [0.05, 0.1) is 6.54 Å². The number of aryl methyl sites for hydroxylation is 1. The first-order valence-corrected chi connectivity index (χ1v) is 4.63. The van der Waals surface area contributed by atoms with Gasteiger partial charge >= 0.3 is 6.09 Å². The summed E-state index contributed by atoms with van der Waals surface area (Å²) in [4.78, 5) is 18.2. The molecule has 0 atom stereocenters. The molecule has 7 heteroatoms. The van der Waals surface area contributed by atoms with Crippen LogP contribution in [0, 0.1) is 6.92 Å². The molecule has 1 heterocycles. The Labute approximate surface area is 91.8 Å². The van der Waals surface area contributed by atoms with Crippen molar-refractivity contribution < 1.29 is 9.53 Å². The minimum Gasteiger partial charge on any atom is -0.448 e. The Kier molecular flexibility index (Phi) is 4.11. The fourth-order valence-corrected chi connectivity index (χ4v) is 1.18. The topological polar surface area (TPSA) is 90.1 Å². The molecule has 0 unspecified atom stereocenters. The maximum Gasteiger partial charge on any atom is 0.404 e. The maximum absolute atomic E-state index is 10.2. The summed E-state index contributed by atoms with van der Waals surface area (Å²) in [7, 11) is 0. The summed E-state index contributed by atoms with van der Waals surface area (Å²) in [5.74, 6) is 1.15. The number of primary amides is 1. The van der Waals surface area contributed by atoms with Gasteiger partial charge in [-0.15, -0.1) is 0 Å². The predicted molar refractivity (Wildman–Crippen MR) is 55.8 cm³/mol. The van der Waals surface area contributed by atoms with Crippen molar-refractivity contribution in [2.24, 2.45) is 5.73 Å². The van der Waals surface area contributed by atoms with Gasteiger partial charge < -0.3 is 15.8 Å². The van der Waals surface area contributed by atoms with E-state index in [1.165, 1.54) is 0 Å². The highest BCUT2D eigenvalue weighted by molar-refractivity contribution is 6.29. The monoisotopic (exact) mass is 230 g/mol. The lowest BCUT2D eigenvalue weighted by Gasteiger charge is -2.06. The number of amides is 1. The number of anilines is 1. The molecule has 0 saturated carbocycles. The van der Waals surface area contributed by atoms with Crippen LogP contribution in [0.25, 0.3) is 0 Å². The van der Waals surface area contributed by atoms with E-state index in [1.807, 2.05) is 0 Å². The van der Waals surface area contributed by atoms with Gasteiger partial charge in [-0.3, -0.25) is 0 Å². The minimum absolute atomic E-state index is 0.177. The lowest BCUT2D eigenvalue weighted by atomic mass is 10.5. The summed E-state index contributed by atoms with van der Waals surface area (Å²) in [6, 6.07) is 1.58. The smallest absolute Gasteiger partial charge is 0.404 e. The molecule has 0 saturated heterocycles. The van der Waals surface area contributed by atoms with E-state index in [1.54, 1.807) is 13.0 Å². The fourth-order valence-electron chi connectivity index (χ4n) is 0.953. The third kappa shape index (κ3) is 4.46. The van der Waals surface area contributed by atoms with Crippen LogP contribution in [-0.2, 0) is 4.74 Å². The van der Waals surface area contributed by atoms with Crippen LogP contribution >= 0.6 is 11.6 Å². The molecule has 0 aliphatic heterocycles. The Bertz CT molecular complexity index is 338. The predicted octanol–water partition coefficient (Wildman–Crippen LogP) is 0.946. The highest BCUT2D eigenvalue weighted by Crippen LogP contribution is 2.10. The van der Waals surface area contributed by atoms with Gasteiger partial charge in [-0.25, -0.2) is 14.8 Å². The second-order valence-electron chi connectivity index (χ2n) is 2.72. The SMILES string of the molecule is Cc1nc(Cl)cc(NCCOC(N)=O)n1. The maximum atomic E-state index is 10.2. The van der Waals surface area contributed by atoms with Gasteiger partial charge in [-0.2, -0.15) is 0 Å². The van der Waals surface area contributed by atoms with Gasteiger partial charge in [0.25, 0.3) is 0 Å². The normalized spacial score (nSPS) is 9.73. The molecule has 82 valence electrons. The van der Waals surface area contributed by atoms with Crippen LogP contribution < -0.4 is 11.1 Å². The standard InChI is InChI=1S/C8H11ClN4O2/c1-5-12-6(9)4-7(13-5)11-2-3-15-8(10)14/h4H,2-3H2,1H3,(H2,10,14)(H,11,12,13). The average Bonchev–Trinajstić information content (AvgIpc) is 2.10. The van der Waals surface area contributed by atoms with E-state index in [2.05, 4.69) is 20.0 Å². The Morgan fingerprint density at radius 1 is 1.67 bits per heavy atom. The molecule has 1 aromatic heterocycles. The number of hydrogen-bond donors (Lipinski definition) is 2. The molecule has 6 nitrogen and oxygen atoms in total. The van der Waals surface area contributed by atoms with Gasteiger partial charge in [-0.1, -0.05) is 11.6 Å². The molecule has 0 spiro atoms. The third-order valence-corrected chi connectivity index (χ3v) is 1.65. The zero-order chi connectivity index (χ0) is 11.3. The van der Waals surface area contributed by atoms with Crippen molar-refractivity contribution in [1.29, 1.82) is 0 Å². The molecule has 15 heavy (non-hydrogen) atoms. The van der Waals surface area contributed by atoms with Crippen molar-refractivity contribution in [1.82, 2.24) is 9.97 Å². The number of nitrogens with one attached hydrogen (secondary N) is 1. The van der Waals surface area contributed by atoms with Gasteiger partial charge in [0.2, 0.25) is 0 Å². The van der Waals surface area contributed by atoms with Crippen LogP contribution in [0.15, 0.2) is 6.07 Å². The van der Waals surface area contributed by atoms with Gasteiger partial charge in [-0.05, 0) is 6.92 Å². The molecule has 1 aromatic rings. The summed E-state index contributed by atoms with van der Waals surface area (Å²) in [5, 5.41) is 3.28. The number of halogens is 1. The average molecular weight is 231 g/mol. The minimum atomic E-state index is -0.797. The van der Waals surface area contributed by atoms with Crippen LogP contribution in [0.4, 0.5) is 10.6 Å². The molecule has 1 amide bonds. The highest BCUT2D eigenvalue weighted by atomic mass is 35.5. The van der Waals surface area contributed by atoms with E-state index in [9.17, 15) is 4.79 Å². The van der Waals surface area contributed by atoms with Crippen molar-refractivity contribution in [2.75, 3.05) is 18.5 Å². The molecule has 0 fully saturated rings. The molecule has 3 N–H and O–H groups in total. The first-order chi connectivity index (χ1) is 7.08. The number of carbonyl (C=O) groups is 1. The molecule has 0 radical (unpaired) electrons. The molecular formula is C8H11ClN4O2. The van der Waals surface area contributed by atoms with Crippen molar-refractivity contribution in [3.05, 3.63) is 17.0 Å². The molecule has 0 bridgehead atoms. The lowest BCUT2D eigenvalue weighted by Crippen LogP contribution is -2.18. The number of nitrogens with two attached hydrogens (primary N) is 1. The van der Waals surface area contributed by atoms with Crippen molar-refractivity contribution in [2.45, 2.75) is 6.92 Å². The van der Waals surface area contributed by atoms with Gasteiger partial charge in [0.15, 0.2) is 0 Å². The molecule has 0 aliphatic carbocycles. The molecule has 0 aromatic carbocycles. The van der Waals surface area contributed by atoms with E-state index in [0.717, 1.165) is 0 Å². The second-order valence-corrected chi connectivity index (χ2v) is 3.10. The Morgan fingerprint density at radius 3 is 3.00 bits per heavy atom. The molecule has 0 aliphatic rings. The molecule has 1 rings (SSSR count). The number of aromatic nitrogens is 2. The van der Waals surface area contributed by atoms with Crippen molar-refractivity contribution in [3.63, 3.8) is 0 Å². The highest BCUT2D eigenvalue weighted by Gasteiger charge is 1.99. The summed E-state index contributed by atoms with van der Waals surface area (Å²) in [6.07, 6.45) is -0.797. The Hall–Kier alpha value is -1.56. The van der Waals surface area contributed by atoms with E-state index in [-0.39, 0.29) is 6.61 Å². The van der Waals surface area contributed by atoms with Crippen LogP contribution in [0.3, 0.4) is 0 Å². The van der Waals surface area contributed by atoms with Crippen LogP contribution in [0.5, 0.6) is 0 Å².